The second kappa shape index (κ2) is 4.94. The number of hydrogen-bond donors (Lipinski definition) is 0. The van der Waals surface area contributed by atoms with Crippen molar-refractivity contribution in [2.24, 2.45) is 0 Å². The predicted octanol–water partition coefficient (Wildman–Crippen LogP) is 3.93. The molecule has 0 N–H and O–H groups in total. The molecule has 1 heterocycles. The van der Waals surface area contributed by atoms with Crippen molar-refractivity contribution < 1.29 is 13.6 Å². The van der Waals surface area contributed by atoms with Crippen LogP contribution in [0, 0.1) is 11.6 Å². The highest BCUT2D eigenvalue weighted by Gasteiger charge is 2.32. The Kier molecular flexibility index (Phi) is 3.26. The summed E-state index contributed by atoms with van der Waals surface area (Å²) in [5.74, 6) is -2.56. The summed E-state index contributed by atoms with van der Waals surface area (Å²) in [6.07, 6.45) is 2.88. The Morgan fingerprint density at radius 3 is 2.90 bits per heavy atom. The molecule has 0 radical (unpaired) electrons. The summed E-state index contributed by atoms with van der Waals surface area (Å²) in [6, 6.07) is 5.39. The van der Waals surface area contributed by atoms with Gasteiger partial charge in [0.05, 0.1) is 22.2 Å². The number of pyridine rings is 1. The molecule has 0 saturated heterocycles. The Morgan fingerprint density at radius 2 is 2.10 bits per heavy atom. The fraction of sp³-hybridized carbons (Fsp3) is 0.200. The molecule has 1 aliphatic rings. The van der Waals surface area contributed by atoms with E-state index in [4.69, 9.17) is 11.6 Å². The SMILES string of the molecule is O=C(c1cc(F)c(Cl)cc1F)C1CCc2cccnc21. The van der Waals surface area contributed by atoms with Crippen molar-refractivity contribution in [3.63, 3.8) is 0 Å². The molecule has 3 rings (SSSR count). The van der Waals surface area contributed by atoms with Gasteiger partial charge < -0.3 is 0 Å². The first-order valence-corrected chi connectivity index (χ1v) is 6.58. The van der Waals surface area contributed by atoms with Crippen LogP contribution < -0.4 is 0 Å². The monoisotopic (exact) mass is 293 g/mol. The molecule has 20 heavy (non-hydrogen) atoms. The van der Waals surface area contributed by atoms with Crippen LogP contribution in [-0.2, 0) is 6.42 Å². The van der Waals surface area contributed by atoms with E-state index in [9.17, 15) is 13.6 Å². The van der Waals surface area contributed by atoms with E-state index in [1.54, 1.807) is 12.3 Å². The molecule has 1 aliphatic carbocycles. The summed E-state index contributed by atoms with van der Waals surface area (Å²) >= 11 is 5.49. The molecule has 0 amide bonds. The maximum atomic E-state index is 13.8. The van der Waals surface area contributed by atoms with Crippen molar-refractivity contribution in [1.82, 2.24) is 4.98 Å². The van der Waals surface area contributed by atoms with E-state index in [2.05, 4.69) is 4.98 Å². The highest BCUT2D eigenvalue weighted by Crippen LogP contribution is 2.34. The molecule has 0 spiro atoms. The van der Waals surface area contributed by atoms with Crippen molar-refractivity contribution in [1.29, 1.82) is 0 Å². The molecule has 0 saturated carbocycles. The van der Waals surface area contributed by atoms with Crippen LogP contribution in [0.15, 0.2) is 30.5 Å². The van der Waals surface area contributed by atoms with E-state index in [-0.39, 0.29) is 10.6 Å². The normalized spacial score (nSPS) is 17.1. The average Bonchev–Trinajstić information content (AvgIpc) is 2.86. The number of fused-ring (bicyclic) bond motifs is 1. The third-order valence-electron chi connectivity index (χ3n) is 3.55. The van der Waals surface area contributed by atoms with Gasteiger partial charge in [0.1, 0.15) is 11.6 Å². The fourth-order valence-corrected chi connectivity index (χ4v) is 2.72. The van der Waals surface area contributed by atoms with Crippen LogP contribution in [-0.4, -0.2) is 10.8 Å². The lowest BCUT2D eigenvalue weighted by molar-refractivity contribution is 0.0953. The second-order valence-corrected chi connectivity index (χ2v) is 5.16. The van der Waals surface area contributed by atoms with E-state index < -0.39 is 23.3 Å². The summed E-state index contributed by atoms with van der Waals surface area (Å²) in [4.78, 5) is 16.6. The maximum Gasteiger partial charge on any atom is 0.174 e. The molecule has 1 unspecified atom stereocenters. The smallest absolute Gasteiger partial charge is 0.174 e. The molecule has 1 aromatic carbocycles. The molecular formula is C15H10ClF2NO. The third kappa shape index (κ3) is 2.10. The van der Waals surface area contributed by atoms with Crippen LogP contribution in [0.5, 0.6) is 0 Å². The van der Waals surface area contributed by atoms with E-state index in [1.165, 1.54) is 0 Å². The first-order chi connectivity index (χ1) is 9.58. The van der Waals surface area contributed by atoms with E-state index in [0.29, 0.717) is 12.1 Å². The number of Topliss-reactive ketones (excluding diaryl/α,β-unsaturated/α-hetero) is 1. The van der Waals surface area contributed by atoms with Crippen LogP contribution in [0.2, 0.25) is 5.02 Å². The Labute approximate surface area is 119 Å². The Hall–Kier alpha value is -1.81. The third-order valence-corrected chi connectivity index (χ3v) is 3.84. The van der Waals surface area contributed by atoms with Crippen molar-refractivity contribution in [3.8, 4) is 0 Å². The first-order valence-electron chi connectivity index (χ1n) is 6.20. The summed E-state index contributed by atoms with van der Waals surface area (Å²) in [5, 5.41) is -0.330. The van der Waals surface area contributed by atoms with Gasteiger partial charge in [0.25, 0.3) is 0 Å². The topological polar surface area (TPSA) is 30.0 Å². The lowest BCUT2D eigenvalue weighted by atomic mass is 9.95. The lowest BCUT2D eigenvalue weighted by Gasteiger charge is -2.10. The molecule has 1 atom stereocenters. The predicted molar refractivity (Wildman–Crippen MR) is 71.0 cm³/mol. The Bertz CT molecular complexity index is 702. The number of halogens is 3. The van der Waals surface area contributed by atoms with E-state index >= 15 is 0 Å². The van der Waals surface area contributed by atoms with Gasteiger partial charge in [-0.05, 0) is 36.6 Å². The number of aryl methyl sites for hydroxylation is 1. The summed E-state index contributed by atoms with van der Waals surface area (Å²) < 4.78 is 27.3. The van der Waals surface area contributed by atoms with Crippen LogP contribution in [0.1, 0.15) is 34.0 Å². The first kappa shape index (κ1) is 13.2. The number of benzene rings is 1. The van der Waals surface area contributed by atoms with Gasteiger partial charge in [-0.15, -0.1) is 0 Å². The van der Waals surface area contributed by atoms with Gasteiger partial charge in [-0.25, -0.2) is 8.78 Å². The van der Waals surface area contributed by atoms with Crippen LogP contribution in [0.25, 0.3) is 0 Å². The van der Waals surface area contributed by atoms with Crippen molar-refractivity contribution >= 4 is 17.4 Å². The van der Waals surface area contributed by atoms with E-state index in [0.717, 1.165) is 24.1 Å². The molecule has 102 valence electrons. The number of nitrogens with zero attached hydrogens (tertiary/aromatic N) is 1. The minimum Gasteiger partial charge on any atom is -0.293 e. The zero-order valence-electron chi connectivity index (χ0n) is 10.4. The highest BCUT2D eigenvalue weighted by molar-refractivity contribution is 6.30. The van der Waals surface area contributed by atoms with Crippen LogP contribution in [0.3, 0.4) is 0 Å². The highest BCUT2D eigenvalue weighted by atomic mass is 35.5. The molecule has 0 bridgehead atoms. The van der Waals surface area contributed by atoms with Gasteiger partial charge in [-0.1, -0.05) is 17.7 Å². The number of carbonyl (C=O) groups is 1. The molecule has 1 aromatic heterocycles. The molecule has 2 aromatic rings. The van der Waals surface area contributed by atoms with Crippen molar-refractivity contribution in [2.75, 3.05) is 0 Å². The molecule has 0 fully saturated rings. The number of hydrogen-bond acceptors (Lipinski definition) is 2. The summed E-state index contributed by atoms with van der Waals surface area (Å²) in [5.41, 5.74) is 1.38. The lowest BCUT2D eigenvalue weighted by Crippen LogP contribution is -2.13. The van der Waals surface area contributed by atoms with Crippen LogP contribution >= 0.6 is 11.6 Å². The molecule has 2 nitrogen and oxygen atoms in total. The van der Waals surface area contributed by atoms with E-state index in [1.807, 2.05) is 6.07 Å². The molecule has 5 heteroatoms. The number of aromatic nitrogens is 1. The Balaban J connectivity index is 2.01. The van der Waals surface area contributed by atoms with Crippen LogP contribution in [0.4, 0.5) is 8.78 Å². The fourth-order valence-electron chi connectivity index (χ4n) is 2.57. The number of rotatable bonds is 2. The number of ketones is 1. The quantitative estimate of drug-likeness (QED) is 0.620. The van der Waals surface area contributed by atoms with Crippen molar-refractivity contribution in [2.45, 2.75) is 18.8 Å². The van der Waals surface area contributed by atoms with Gasteiger partial charge in [-0.2, -0.15) is 0 Å². The number of carbonyl (C=O) groups excluding carboxylic acids is 1. The van der Waals surface area contributed by atoms with Gasteiger partial charge in [0.15, 0.2) is 5.78 Å². The Morgan fingerprint density at radius 1 is 1.30 bits per heavy atom. The second-order valence-electron chi connectivity index (χ2n) is 4.75. The van der Waals surface area contributed by atoms with Gasteiger partial charge >= 0.3 is 0 Å². The van der Waals surface area contributed by atoms with Crippen molar-refractivity contribution in [3.05, 3.63) is 63.9 Å². The maximum absolute atomic E-state index is 13.8. The standard InChI is InChI=1S/C15H10ClF2NO/c16-11-7-12(17)10(6-13(11)18)15(20)9-4-3-8-2-1-5-19-14(8)9/h1-2,5-7,9H,3-4H2. The molecular weight excluding hydrogens is 284 g/mol. The summed E-state index contributed by atoms with van der Waals surface area (Å²) in [6.45, 7) is 0. The largest absolute Gasteiger partial charge is 0.293 e. The minimum atomic E-state index is -0.800. The zero-order valence-corrected chi connectivity index (χ0v) is 11.1. The molecule has 0 aliphatic heterocycles. The van der Waals surface area contributed by atoms with Gasteiger partial charge in [-0.3, -0.25) is 9.78 Å². The van der Waals surface area contributed by atoms with Gasteiger partial charge in [0.2, 0.25) is 0 Å². The zero-order chi connectivity index (χ0) is 14.3. The van der Waals surface area contributed by atoms with Gasteiger partial charge in [0, 0.05) is 6.20 Å². The summed E-state index contributed by atoms with van der Waals surface area (Å²) in [7, 11) is 0. The minimum absolute atomic E-state index is 0.268. The average molecular weight is 294 g/mol.